The smallest absolute Gasteiger partial charge is 0.269 e. The van der Waals surface area contributed by atoms with Crippen molar-refractivity contribution in [3.05, 3.63) is 47.9 Å². The van der Waals surface area contributed by atoms with E-state index >= 15 is 0 Å². The van der Waals surface area contributed by atoms with E-state index in [9.17, 15) is 0 Å². The molecule has 0 aliphatic carbocycles. The van der Waals surface area contributed by atoms with Crippen LogP contribution in [0.3, 0.4) is 0 Å². The lowest BCUT2D eigenvalue weighted by molar-refractivity contribution is 0.311. The van der Waals surface area contributed by atoms with Gasteiger partial charge in [-0.25, -0.2) is 0 Å². The second-order valence-electron chi connectivity index (χ2n) is 5.82. The number of nitrogens with zero attached hydrogens (tertiary/aromatic N) is 2. The average molecular weight is 417 g/mol. The maximum atomic E-state index is 6.40. The molecule has 3 aromatic rings. The van der Waals surface area contributed by atoms with Crippen LogP contribution in [0.1, 0.15) is 18.4 Å². The van der Waals surface area contributed by atoms with E-state index in [0.717, 1.165) is 5.56 Å². The third kappa shape index (κ3) is 4.63. The minimum atomic E-state index is 0.187. The minimum Gasteiger partial charge on any atom is -0.497 e. The second kappa shape index (κ2) is 9.34. The standard InChI is InChI=1S/C21H21ClN2O5/c1-5-28-17-9-6-13(11-19(17)27-4)10-16(22)21-23-20(24-29-21)15-8-7-14(25-2)12-18(15)26-3/h6-12H,5H2,1-4H3/b16-10-. The molecular weight excluding hydrogens is 396 g/mol. The molecule has 0 bridgehead atoms. The Hall–Kier alpha value is -3.19. The van der Waals surface area contributed by atoms with Crippen LogP contribution in [0.2, 0.25) is 0 Å². The van der Waals surface area contributed by atoms with Crippen molar-refractivity contribution in [3.63, 3.8) is 0 Å². The fourth-order valence-electron chi connectivity index (χ4n) is 2.67. The van der Waals surface area contributed by atoms with Crippen LogP contribution in [-0.4, -0.2) is 38.1 Å². The highest BCUT2D eigenvalue weighted by atomic mass is 35.5. The van der Waals surface area contributed by atoms with Crippen LogP contribution in [0.25, 0.3) is 22.5 Å². The predicted octanol–water partition coefficient (Wildman–Crippen LogP) is 4.90. The van der Waals surface area contributed by atoms with Gasteiger partial charge < -0.3 is 23.5 Å². The molecule has 0 spiro atoms. The molecule has 0 atom stereocenters. The highest BCUT2D eigenvalue weighted by Crippen LogP contribution is 2.34. The minimum absolute atomic E-state index is 0.187. The number of methoxy groups -OCH3 is 3. The summed E-state index contributed by atoms with van der Waals surface area (Å²) >= 11 is 6.40. The predicted molar refractivity (Wildman–Crippen MR) is 111 cm³/mol. The maximum Gasteiger partial charge on any atom is 0.269 e. The van der Waals surface area contributed by atoms with E-state index in [1.54, 1.807) is 45.6 Å². The summed E-state index contributed by atoms with van der Waals surface area (Å²) in [7, 11) is 4.73. The van der Waals surface area contributed by atoms with Crippen LogP contribution in [0, 0.1) is 0 Å². The molecule has 1 aromatic heterocycles. The van der Waals surface area contributed by atoms with Gasteiger partial charge in [0.05, 0.1) is 33.5 Å². The first kappa shape index (κ1) is 20.5. The van der Waals surface area contributed by atoms with Gasteiger partial charge in [0.1, 0.15) is 16.5 Å². The van der Waals surface area contributed by atoms with Crippen molar-refractivity contribution in [3.8, 4) is 34.4 Å². The zero-order valence-corrected chi connectivity index (χ0v) is 17.3. The molecule has 8 heteroatoms. The van der Waals surface area contributed by atoms with Crippen molar-refractivity contribution in [2.45, 2.75) is 6.92 Å². The molecule has 0 saturated heterocycles. The first-order valence-corrected chi connectivity index (χ1v) is 9.21. The molecule has 0 fully saturated rings. The Morgan fingerprint density at radius 3 is 2.48 bits per heavy atom. The van der Waals surface area contributed by atoms with Crippen molar-refractivity contribution >= 4 is 22.7 Å². The monoisotopic (exact) mass is 416 g/mol. The Kier molecular flexibility index (Phi) is 6.61. The van der Waals surface area contributed by atoms with Gasteiger partial charge in [-0.3, -0.25) is 0 Å². The third-order valence-corrected chi connectivity index (χ3v) is 4.33. The van der Waals surface area contributed by atoms with E-state index < -0.39 is 0 Å². The van der Waals surface area contributed by atoms with Crippen LogP contribution in [0.5, 0.6) is 23.0 Å². The summed E-state index contributed by atoms with van der Waals surface area (Å²) in [5.41, 5.74) is 1.47. The van der Waals surface area contributed by atoms with Crippen molar-refractivity contribution in [2.24, 2.45) is 0 Å². The molecule has 7 nitrogen and oxygen atoms in total. The van der Waals surface area contributed by atoms with Crippen molar-refractivity contribution < 1.29 is 23.5 Å². The highest BCUT2D eigenvalue weighted by Gasteiger charge is 2.16. The Balaban J connectivity index is 1.89. The zero-order chi connectivity index (χ0) is 20.8. The first-order valence-electron chi connectivity index (χ1n) is 8.84. The number of halogens is 1. The average Bonchev–Trinajstić information content (AvgIpc) is 3.24. The largest absolute Gasteiger partial charge is 0.497 e. The topological polar surface area (TPSA) is 75.8 Å². The van der Waals surface area contributed by atoms with Crippen molar-refractivity contribution in [1.82, 2.24) is 10.1 Å². The van der Waals surface area contributed by atoms with Gasteiger partial charge in [-0.2, -0.15) is 4.98 Å². The van der Waals surface area contributed by atoms with E-state index in [1.165, 1.54) is 0 Å². The fraction of sp³-hybridized carbons (Fsp3) is 0.238. The maximum absolute atomic E-state index is 6.40. The molecule has 152 valence electrons. The van der Waals surface area contributed by atoms with E-state index in [1.807, 2.05) is 25.1 Å². The Bertz CT molecular complexity index is 1020. The molecule has 0 saturated carbocycles. The van der Waals surface area contributed by atoms with Crippen molar-refractivity contribution in [1.29, 1.82) is 0 Å². The SMILES string of the molecule is CCOc1ccc(/C=C(\Cl)c2nc(-c3ccc(OC)cc3OC)no2)cc1OC. The zero-order valence-electron chi connectivity index (χ0n) is 16.6. The normalized spacial score (nSPS) is 11.3. The molecule has 0 amide bonds. The number of benzene rings is 2. The van der Waals surface area contributed by atoms with Gasteiger partial charge in [0.2, 0.25) is 5.82 Å². The molecule has 1 heterocycles. The number of aromatic nitrogens is 2. The van der Waals surface area contributed by atoms with Gasteiger partial charge >= 0.3 is 0 Å². The van der Waals surface area contributed by atoms with Crippen LogP contribution >= 0.6 is 11.6 Å². The molecule has 0 aliphatic rings. The summed E-state index contributed by atoms with van der Waals surface area (Å²) in [6, 6.07) is 10.8. The molecule has 2 aromatic carbocycles. The Morgan fingerprint density at radius 2 is 1.79 bits per heavy atom. The number of ether oxygens (including phenoxy) is 4. The van der Waals surface area contributed by atoms with Crippen LogP contribution < -0.4 is 18.9 Å². The van der Waals surface area contributed by atoms with Crippen LogP contribution in [0.15, 0.2) is 40.9 Å². The molecule has 0 radical (unpaired) electrons. The highest BCUT2D eigenvalue weighted by molar-refractivity contribution is 6.50. The van der Waals surface area contributed by atoms with E-state index in [0.29, 0.717) is 46.0 Å². The molecule has 0 unspecified atom stereocenters. The Morgan fingerprint density at radius 1 is 1.00 bits per heavy atom. The summed E-state index contributed by atoms with van der Waals surface area (Å²) in [4.78, 5) is 4.38. The van der Waals surface area contributed by atoms with Crippen molar-refractivity contribution in [2.75, 3.05) is 27.9 Å². The van der Waals surface area contributed by atoms with E-state index in [2.05, 4.69) is 10.1 Å². The fourth-order valence-corrected chi connectivity index (χ4v) is 2.87. The van der Waals surface area contributed by atoms with Gasteiger partial charge in [-0.1, -0.05) is 22.8 Å². The van der Waals surface area contributed by atoms with E-state index in [-0.39, 0.29) is 5.89 Å². The van der Waals surface area contributed by atoms with Gasteiger partial charge in [0, 0.05) is 6.07 Å². The summed E-state index contributed by atoms with van der Waals surface area (Å²) in [5, 5.41) is 4.30. The Labute approximate surface area is 173 Å². The first-order chi connectivity index (χ1) is 14.1. The van der Waals surface area contributed by atoms with E-state index in [4.69, 9.17) is 35.1 Å². The van der Waals surface area contributed by atoms with Gasteiger partial charge in [0.15, 0.2) is 11.5 Å². The number of rotatable bonds is 8. The number of hydrogen-bond donors (Lipinski definition) is 0. The second-order valence-corrected chi connectivity index (χ2v) is 6.23. The quantitative estimate of drug-likeness (QED) is 0.517. The lowest BCUT2D eigenvalue weighted by Crippen LogP contribution is -1.95. The lowest BCUT2D eigenvalue weighted by atomic mass is 10.1. The molecule has 29 heavy (non-hydrogen) atoms. The molecule has 0 N–H and O–H groups in total. The molecular formula is C21H21ClN2O5. The molecule has 0 aliphatic heterocycles. The van der Waals surface area contributed by atoms with Gasteiger partial charge in [-0.05, 0) is 42.8 Å². The summed E-state index contributed by atoms with van der Waals surface area (Å²) in [6.07, 6.45) is 1.71. The third-order valence-electron chi connectivity index (χ3n) is 4.06. The van der Waals surface area contributed by atoms with Crippen LogP contribution in [0.4, 0.5) is 0 Å². The summed E-state index contributed by atoms with van der Waals surface area (Å²) in [6.45, 7) is 2.46. The molecule has 3 rings (SSSR count). The summed E-state index contributed by atoms with van der Waals surface area (Å²) < 4.78 is 26.8. The van der Waals surface area contributed by atoms with Crippen LogP contribution in [-0.2, 0) is 0 Å². The lowest BCUT2D eigenvalue weighted by Gasteiger charge is -2.09. The van der Waals surface area contributed by atoms with Gasteiger partial charge in [-0.15, -0.1) is 0 Å². The summed E-state index contributed by atoms with van der Waals surface area (Å²) in [5.74, 6) is 3.04. The number of hydrogen-bond acceptors (Lipinski definition) is 7. The van der Waals surface area contributed by atoms with Gasteiger partial charge in [0.25, 0.3) is 5.89 Å².